The molecule has 0 aromatic rings. The largest absolute Gasteiger partial charge is 0.394 e. The molecule has 3 nitrogen and oxygen atoms in total. The minimum absolute atomic E-state index is 0.0203. The second-order valence-corrected chi connectivity index (χ2v) is 6.15. The number of hydrogen-bond donors (Lipinski definition) is 2. The molecule has 2 fully saturated rings. The van der Waals surface area contributed by atoms with Gasteiger partial charge in [0.1, 0.15) is 0 Å². The molecule has 2 aliphatic rings. The standard InChI is InChI=1S/C14H28N2O/c1-3-7-15-14(11-17)6-4-13(9-14)16-8-5-12(2)10-16/h12-13,15,17H,3-11H2,1-2H3. The molecule has 0 aromatic heterocycles. The van der Waals surface area contributed by atoms with E-state index in [1.54, 1.807) is 0 Å². The highest BCUT2D eigenvalue weighted by Crippen LogP contribution is 2.35. The quantitative estimate of drug-likeness (QED) is 0.766. The summed E-state index contributed by atoms with van der Waals surface area (Å²) < 4.78 is 0. The van der Waals surface area contributed by atoms with Crippen molar-refractivity contribution < 1.29 is 5.11 Å². The Balaban J connectivity index is 1.88. The molecule has 1 aliphatic heterocycles. The fourth-order valence-corrected chi connectivity index (χ4v) is 3.46. The van der Waals surface area contributed by atoms with Crippen molar-refractivity contribution >= 4 is 0 Å². The average Bonchev–Trinajstić information content (AvgIpc) is 2.93. The van der Waals surface area contributed by atoms with Crippen LogP contribution in [0.5, 0.6) is 0 Å². The van der Waals surface area contributed by atoms with Gasteiger partial charge in [-0.2, -0.15) is 0 Å². The van der Waals surface area contributed by atoms with Crippen molar-refractivity contribution in [3.05, 3.63) is 0 Å². The van der Waals surface area contributed by atoms with Crippen molar-refractivity contribution in [2.45, 2.75) is 57.5 Å². The first kappa shape index (κ1) is 13.3. The predicted octanol–water partition coefficient (Wildman–Crippen LogP) is 1.61. The highest BCUT2D eigenvalue weighted by atomic mass is 16.3. The third kappa shape index (κ3) is 3.01. The van der Waals surface area contributed by atoms with Gasteiger partial charge in [-0.25, -0.2) is 0 Å². The molecule has 0 spiro atoms. The maximum absolute atomic E-state index is 9.67. The van der Waals surface area contributed by atoms with E-state index in [1.807, 2.05) is 0 Å². The monoisotopic (exact) mass is 240 g/mol. The van der Waals surface area contributed by atoms with Crippen LogP contribution in [0, 0.1) is 5.92 Å². The van der Waals surface area contributed by atoms with E-state index < -0.39 is 0 Å². The molecule has 2 rings (SSSR count). The zero-order valence-electron chi connectivity index (χ0n) is 11.4. The third-order valence-corrected chi connectivity index (χ3v) is 4.61. The van der Waals surface area contributed by atoms with Gasteiger partial charge in [0.2, 0.25) is 0 Å². The van der Waals surface area contributed by atoms with Crippen LogP contribution in [0.25, 0.3) is 0 Å². The normalized spacial score (nSPS) is 39.0. The summed E-state index contributed by atoms with van der Waals surface area (Å²) >= 11 is 0. The lowest BCUT2D eigenvalue weighted by atomic mass is 9.98. The zero-order chi connectivity index (χ0) is 12.3. The molecule has 1 aliphatic carbocycles. The summed E-state index contributed by atoms with van der Waals surface area (Å²) in [5.74, 6) is 0.864. The molecule has 3 unspecified atom stereocenters. The van der Waals surface area contributed by atoms with Crippen LogP contribution in [0.4, 0.5) is 0 Å². The van der Waals surface area contributed by atoms with Crippen molar-refractivity contribution in [3.8, 4) is 0 Å². The van der Waals surface area contributed by atoms with E-state index in [9.17, 15) is 5.11 Å². The Morgan fingerprint density at radius 2 is 2.24 bits per heavy atom. The van der Waals surface area contributed by atoms with E-state index in [0.717, 1.165) is 31.7 Å². The van der Waals surface area contributed by atoms with Crippen molar-refractivity contribution in [2.24, 2.45) is 5.92 Å². The highest BCUT2D eigenvalue weighted by Gasteiger charge is 2.41. The number of aliphatic hydroxyl groups excluding tert-OH is 1. The van der Waals surface area contributed by atoms with Crippen LogP contribution in [-0.2, 0) is 0 Å². The molecule has 100 valence electrons. The summed E-state index contributed by atoms with van der Waals surface area (Å²) in [6.07, 6.45) is 6.03. The first-order valence-electron chi connectivity index (χ1n) is 7.29. The Bertz CT molecular complexity index is 246. The van der Waals surface area contributed by atoms with Gasteiger partial charge in [-0.15, -0.1) is 0 Å². The summed E-state index contributed by atoms with van der Waals surface area (Å²) in [7, 11) is 0. The Hall–Kier alpha value is -0.120. The zero-order valence-corrected chi connectivity index (χ0v) is 11.4. The second-order valence-electron chi connectivity index (χ2n) is 6.15. The van der Waals surface area contributed by atoms with Crippen LogP contribution in [-0.4, -0.2) is 47.8 Å². The second kappa shape index (κ2) is 5.68. The molecule has 0 bridgehead atoms. The lowest BCUT2D eigenvalue weighted by Crippen LogP contribution is -2.48. The summed E-state index contributed by atoms with van der Waals surface area (Å²) in [6, 6.07) is 0.705. The van der Waals surface area contributed by atoms with E-state index in [4.69, 9.17) is 0 Å². The molecule has 1 saturated heterocycles. The maximum atomic E-state index is 9.67. The van der Waals surface area contributed by atoms with E-state index in [-0.39, 0.29) is 5.54 Å². The molecule has 2 N–H and O–H groups in total. The van der Waals surface area contributed by atoms with Gasteiger partial charge in [-0.05, 0) is 51.1 Å². The first-order chi connectivity index (χ1) is 8.19. The molecular formula is C14H28N2O. The number of rotatable bonds is 5. The van der Waals surface area contributed by atoms with Gasteiger partial charge < -0.3 is 15.3 Å². The molecule has 0 aromatic carbocycles. The third-order valence-electron chi connectivity index (χ3n) is 4.61. The van der Waals surface area contributed by atoms with Crippen molar-refractivity contribution in [1.29, 1.82) is 0 Å². The Labute approximate surface area is 106 Å². The fraction of sp³-hybridized carbons (Fsp3) is 1.00. The minimum atomic E-state index is 0.0203. The Kier molecular flexibility index (Phi) is 4.45. The van der Waals surface area contributed by atoms with Gasteiger partial charge in [-0.3, -0.25) is 0 Å². The number of nitrogens with one attached hydrogen (secondary N) is 1. The van der Waals surface area contributed by atoms with Gasteiger partial charge in [0.25, 0.3) is 0 Å². The Morgan fingerprint density at radius 3 is 2.82 bits per heavy atom. The minimum Gasteiger partial charge on any atom is -0.394 e. The SMILES string of the molecule is CCCNC1(CO)CCC(N2CCC(C)C2)C1. The molecule has 3 heteroatoms. The van der Waals surface area contributed by atoms with Gasteiger partial charge >= 0.3 is 0 Å². The van der Waals surface area contributed by atoms with Crippen LogP contribution >= 0.6 is 0 Å². The number of nitrogens with zero attached hydrogens (tertiary/aromatic N) is 1. The molecule has 0 radical (unpaired) electrons. The summed E-state index contributed by atoms with van der Waals surface area (Å²) in [6.45, 7) is 8.40. The van der Waals surface area contributed by atoms with Crippen molar-refractivity contribution in [2.75, 3.05) is 26.2 Å². The van der Waals surface area contributed by atoms with Crippen molar-refractivity contribution in [1.82, 2.24) is 10.2 Å². The van der Waals surface area contributed by atoms with Crippen LogP contribution in [0.15, 0.2) is 0 Å². The summed E-state index contributed by atoms with van der Waals surface area (Å²) in [5, 5.41) is 13.3. The number of hydrogen-bond acceptors (Lipinski definition) is 3. The smallest absolute Gasteiger partial charge is 0.0613 e. The molecule has 0 amide bonds. The summed E-state index contributed by atoms with van der Waals surface area (Å²) in [4.78, 5) is 2.65. The van der Waals surface area contributed by atoms with Crippen LogP contribution < -0.4 is 5.32 Å². The molecule has 1 saturated carbocycles. The van der Waals surface area contributed by atoms with Crippen molar-refractivity contribution in [3.63, 3.8) is 0 Å². The fourth-order valence-electron chi connectivity index (χ4n) is 3.46. The van der Waals surface area contributed by atoms with E-state index in [1.165, 1.54) is 25.9 Å². The summed E-state index contributed by atoms with van der Waals surface area (Å²) in [5.41, 5.74) is 0.0203. The van der Waals surface area contributed by atoms with Gasteiger partial charge in [0.05, 0.1) is 6.61 Å². The lowest BCUT2D eigenvalue weighted by molar-refractivity contribution is 0.149. The van der Waals surface area contributed by atoms with Gasteiger partial charge in [0.15, 0.2) is 0 Å². The van der Waals surface area contributed by atoms with Gasteiger partial charge in [0, 0.05) is 18.1 Å². The average molecular weight is 240 g/mol. The molecule has 1 heterocycles. The highest BCUT2D eigenvalue weighted by molar-refractivity contribution is 5.00. The lowest BCUT2D eigenvalue weighted by Gasteiger charge is -2.30. The molecule has 3 atom stereocenters. The topological polar surface area (TPSA) is 35.5 Å². The van der Waals surface area contributed by atoms with E-state index in [2.05, 4.69) is 24.1 Å². The number of likely N-dealkylation sites (tertiary alicyclic amines) is 1. The maximum Gasteiger partial charge on any atom is 0.0613 e. The van der Waals surface area contributed by atoms with Crippen LogP contribution in [0.2, 0.25) is 0 Å². The first-order valence-corrected chi connectivity index (χ1v) is 7.29. The van der Waals surface area contributed by atoms with E-state index >= 15 is 0 Å². The van der Waals surface area contributed by atoms with Crippen LogP contribution in [0.3, 0.4) is 0 Å². The van der Waals surface area contributed by atoms with E-state index in [0.29, 0.717) is 12.6 Å². The van der Waals surface area contributed by atoms with Crippen LogP contribution in [0.1, 0.15) is 46.0 Å². The molecular weight excluding hydrogens is 212 g/mol. The van der Waals surface area contributed by atoms with Gasteiger partial charge in [-0.1, -0.05) is 13.8 Å². The predicted molar refractivity (Wildman–Crippen MR) is 71.1 cm³/mol. The molecule has 17 heavy (non-hydrogen) atoms. The Morgan fingerprint density at radius 1 is 1.41 bits per heavy atom. The number of aliphatic hydroxyl groups is 1.